The highest BCUT2D eigenvalue weighted by Gasteiger charge is 2.26. The zero-order chi connectivity index (χ0) is 18.4. The first-order chi connectivity index (χ1) is 11.8. The molecular weight excluding hydrogens is 364 g/mol. The summed E-state index contributed by atoms with van der Waals surface area (Å²) in [5.74, 6) is 0.729. The number of hydrogen-bond donors (Lipinski definition) is 1. The summed E-state index contributed by atoms with van der Waals surface area (Å²) >= 11 is 1.50. The number of nitro benzene ring substituents is 1. The largest absolute Gasteiger partial charge is 0.497 e. The van der Waals surface area contributed by atoms with Gasteiger partial charge < -0.3 is 4.74 Å². The summed E-state index contributed by atoms with van der Waals surface area (Å²) in [5.41, 5.74) is 0.634. The number of nitrogens with one attached hydrogen (secondary N) is 1. The summed E-state index contributed by atoms with van der Waals surface area (Å²) in [5, 5.41) is 11.1. The Bertz CT molecular complexity index is 851. The first-order valence-corrected chi connectivity index (χ1v) is 9.82. The van der Waals surface area contributed by atoms with Crippen molar-refractivity contribution in [1.29, 1.82) is 0 Å². The van der Waals surface area contributed by atoms with Gasteiger partial charge in [-0.2, -0.15) is 0 Å². The summed E-state index contributed by atoms with van der Waals surface area (Å²) in [4.78, 5) is 11.0. The Balaban J connectivity index is 2.04. The number of thioether (sulfide) groups is 1. The number of sulfonamides is 1. The van der Waals surface area contributed by atoms with Crippen molar-refractivity contribution in [2.24, 2.45) is 0 Å². The minimum absolute atomic E-state index is 0.157. The van der Waals surface area contributed by atoms with Gasteiger partial charge in [0.2, 0.25) is 10.0 Å². The molecule has 0 heterocycles. The Morgan fingerprint density at radius 3 is 2.48 bits per heavy atom. The standard InChI is InChI=1S/C16H18N2O5S2/c1-12-3-6-14(7-4-12)24-10-9-17-25(21,22)16-8-5-13(23-2)11-15(16)18(19)20/h3-8,11,17H,9-10H2,1-2H3. The van der Waals surface area contributed by atoms with E-state index in [0.29, 0.717) is 5.75 Å². The van der Waals surface area contributed by atoms with Gasteiger partial charge >= 0.3 is 0 Å². The Morgan fingerprint density at radius 2 is 1.88 bits per heavy atom. The highest BCUT2D eigenvalue weighted by Crippen LogP contribution is 2.28. The zero-order valence-electron chi connectivity index (χ0n) is 13.8. The number of methoxy groups -OCH3 is 1. The predicted molar refractivity (Wildman–Crippen MR) is 96.7 cm³/mol. The molecule has 0 aliphatic heterocycles. The monoisotopic (exact) mass is 382 g/mol. The molecule has 7 nitrogen and oxygen atoms in total. The highest BCUT2D eigenvalue weighted by atomic mass is 32.2. The highest BCUT2D eigenvalue weighted by molar-refractivity contribution is 7.99. The van der Waals surface area contributed by atoms with E-state index < -0.39 is 20.6 Å². The number of aryl methyl sites for hydroxylation is 1. The van der Waals surface area contributed by atoms with Crippen LogP contribution in [0.1, 0.15) is 5.56 Å². The maximum atomic E-state index is 12.3. The second-order valence-electron chi connectivity index (χ2n) is 5.15. The lowest BCUT2D eigenvalue weighted by Gasteiger charge is -2.08. The van der Waals surface area contributed by atoms with Crippen LogP contribution in [0.4, 0.5) is 5.69 Å². The molecule has 2 aromatic carbocycles. The molecule has 2 rings (SSSR count). The van der Waals surface area contributed by atoms with Crippen LogP contribution in [-0.4, -0.2) is 32.7 Å². The van der Waals surface area contributed by atoms with E-state index in [9.17, 15) is 18.5 Å². The van der Waals surface area contributed by atoms with Crippen LogP contribution in [0.2, 0.25) is 0 Å². The Morgan fingerprint density at radius 1 is 1.20 bits per heavy atom. The molecule has 0 bridgehead atoms. The van der Waals surface area contributed by atoms with Crippen LogP contribution in [0.15, 0.2) is 52.3 Å². The smallest absolute Gasteiger partial charge is 0.293 e. The van der Waals surface area contributed by atoms with Crippen LogP contribution in [0.5, 0.6) is 5.75 Å². The van der Waals surface area contributed by atoms with Gasteiger partial charge in [0.25, 0.3) is 5.69 Å². The van der Waals surface area contributed by atoms with E-state index in [1.807, 2.05) is 31.2 Å². The fraction of sp³-hybridized carbons (Fsp3) is 0.250. The van der Waals surface area contributed by atoms with E-state index in [1.54, 1.807) is 0 Å². The Labute approximate surface area is 150 Å². The maximum Gasteiger partial charge on any atom is 0.293 e. The molecule has 0 atom stereocenters. The van der Waals surface area contributed by atoms with Gasteiger partial charge in [0.1, 0.15) is 5.75 Å². The number of hydrogen-bond acceptors (Lipinski definition) is 6. The molecule has 0 aromatic heterocycles. The quantitative estimate of drug-likeness (QED) is 0.326. The van der Waals surface area contributed by atoms with Gasteiger partial charge in [-0.1, -0.05) is 17.7 Å². The van der Waals surface area contributed by atoms with Crippen molar-refractivity contribution in [1.82, 2.24) is 4.72 Å². The molecule has 0 aliphatic rings. The summed E-state index contributed by atoms with van der Waals surface area (Å²) in [6.45, 7) is 2.15. The van der Waals surface area contributed by atoms with Crippen LogP contribution < -0.4 is 9.46 Å². The summed E-state index contributed by atoms with van der Waals surface area (Å²) in [6.07, 6.45) is 0. The summed E-state index contributed by atoms with van der Waals surface area (Å²) < 4.78 is 32.0. The van der Waals surface area contributed by atoms with E-state index in [0.717, 1.165) is 16.5 Å². The molecule has 0 amide bonds. The van der Waals surface area contributed by atoms with Crippen molar-refractivity contribution < 1.29 is 18.1 Å². The van der Waals surface area contributed by atoms with E-state index in [2.05, 4.69) is 4.72 Å². The molecule has 0 saturated heterocycles. The third kappa shape index (κ3) is 5.18. The summed E-state index contributed by atoms with van der Waals surface area (Å²) in [7, 11) is -2.63. The molecule has 0 fully saturated rings. The van der Waals surface area contributed by atoms with Crippen LogP contribution in [0.3, 0.4) is 0 Å². The first-order valence-electron chi connectivity index (χ1n) is 7.35. The zero-order valence-corrected chi connectivity index (χ0v) is 15.4. The van der Waals surface area contributed by atoms with Crippen LogP contribution in [-0.2, 0) is 10.0 Å². The summed E-state index contributed by atoms with van der Waals surface area (Å²) in [6, 6.07) is 11.5. The molecular formula is C16H18N2O5S2. The van der Waals surface area contributed by atoms with E-state index >= 15 is 0 Å². The third-order valence-electron chi connectivity index (χ3n) is 3.34. The molecule has 134 valence electrons. The van der Waals surface area contributed by atoms with E-state index in [4.69, 9.17) is 4.74 Å². The molecule has 2 aromatic rings. The number of benzene rings is 2. The van der Waals surface area contributed by atoms with Crippen molar-refractivity contribution in [3.8, 4) is 5.75 Å². The fourth-order valence-electron chi connectivity index (χ4n) is 2.05. The average Bonchev–Trinajstić information content (AvgIpc) is 2.59. The normalized spacial score (nSPS) is 11.3. The number of ether oxygens (including phenoxy) is 1. The van der Waals surface area contributed by atoms with Crippen molar-refractivity contribution in [3.05, 3.63) is 58.1 Å². The van der Waals surface area contributed by atoms with Gasteiger partial charge in [0.15, 0.2) is 4.90 Å². The minimum atomic E-state index is -3.98. The lowest BCUT2D eigenvalue weighted by atomic mass is 10.2. The lowest BCUT2D eigenvalue weighted by Crippen LogP contribution is -2.26. The van der Waals surface area contributed by atoms with Gasteiger partial charge in [-0.15, -0.1) is 11.8 Å². The van der Waals surface area contributed by atoms with Crippen LogP contribution in [0.25, 0.3) is 0 Å². The third-order valence-corrected chi connectivity index (χ3v) is 5.86. The van der Waals surface area contributed by atoms with E-state index in [-0.39, 0.29) is 17.2 Å². The molecule has 9 heteroatoms. The number of rotatable bonds is 8. The van der Waals surface area contributed by atoms with Gasteiger partial charge in [-0.05, 0) is 31.2 Å². The molecule has 0 unspecified atom stereocenters. The maximum absolute atomic E-state index is 12.3. The first kappa shape index (κ1) is 19.2. The number of nitrogens with zero attached hydrogens (tertiary/aromatic N) is 1. The topological polar surface area (TPSA) is 98.5 Å². The Kier molecular flexibility index (Phi) is 6.40. The molecule has 0 spiro atoms. The van der Waals surface area contributed by atoms with Crippen molar-refractivity contribution >= 4 is 27.5 Å². The van der Waals surface area contributed by atoms with Gasteiger partial charge in [-0.25, -0.2) is 13.1 Å². The van der Waals surface area contributed by atoms with Crippen molar-refractivity contribution in [3.63, 3.8) is 0 Å². The van der Waals surface area contributed by atoms with Crippen LogP contribution in [0, 0.1) is 17.0 Å². The van der Waals surface area contributed by atoms with Crippen molar-refractivity contribution in [2.75, 3.05) is 19.4 Å². The Hall–Kier alpha value is -2.10. The van der Waals surface area contributed by atoms with Crippen LogP contribution >= 0.6 is 11.8 Å². The van der Waals surface area contributed by atoms with Gasteiger partial charge in [-0.3, -0.25) is 10.1 Å². The molecule has 1 N–H and O–H groups in total. The molecule has 25 heavy (non-hydrogen) atoms. The number of nitro groups is 1. The molecule has 0 aliphatic carbocycles. The SMILES string of the molecule is COc1ccc(S(=O)(=O)NCCSc2ccc(C)cc2)c([N+](=O)[O-])c1. The van der Waals surface area contributed by atoms with Gasteiger partial charge in [0, 0.05) is 17.2 Å². The van der Waals surface area contributed by atoms with E-state index in [1.165, 1.54) is 31.0 Å². The average molecular weight is 382 g/mol. The fourth-order valence-corrected chi connectivity index (χ4v) is 4.13. The molecule has 0 radical (unpaired) electrons. The predicted octanol–water partition coefficient (Wildman–Crippen LogP) is 2.98. The van der Waals surface area contributed by atoms with Crippen molar-refractivity contribution in [2.45, 2.75) is 16.7 Å². The minimum Gasteiger partial charge on any atom is -0.497 e. The van der Waals surface area contributed by atoms with Gasteiger partial charge in [0.05, 0.1) is 18.1 Å². The lowest BCUT2D eigenvalue weighted by molar-refractivity contribution is -0.387. The molecule has 0 saturated carbocycles. The second-order valence-corrected chi connectivity index (χ2v) is 8.05. The second kappa shape index (κ2) is 8.32.